The molecule has 1 fully saturated rings. The molecule has 0 radical (unpaired) electrons. The minimum Gasteiger partial charge on any atom is -0.497 e. The highest BCUT2D eigenvalue weighted by Gasteiger charge is 2.23. The van der Waals surface area contributed by atoms with Crippen LogP contribution in [0.25, 0.3) is 0 Å². The molecule has 1 saturated heterocycles. The molecule has 1 N–H and O–H groups in total. The molecule has 98 valence electrons. The lowest BCUT2D eigenvalue weighted by Gasteiger charge is -2.31. The van der Waals surface area contributed by atoms with Crippen molar-refractivity contribution in [3.05, 3.63) is 29.8 Å². The number of ketones is 1. The molecule has 0 aromatic heterocycles. The van der Waals surface area contributed by atoms with Crippen LogP contribution in [0.1, 0.15) is 17.3 Å². The van der Waals surface area contributed by atoms with Crippen LogP contribution >= 0.6 is 0 Å². The van der Waals surface area contributed by atoms with E-state index < -0.39 is 0 Å². The minimum absolute atomic E-state index is 0.0702. The number of methoxy groups -OCH3 is 1. The van der Waals surface area contributed by atoms with Crippen LogP contribution in [-0.2, 0) is 0 Å². The van der Waals surface area contributed by atoms with Crippen LogP contribution in [0.3, 0.4) is 0 Å². The summed E-state index contributed by atoms with van der Waals surface area (Å²) in [4.78, 5) is 14.6. The van der Waals surface area contributed by atoms with Crippen LogP contribution < -0.4 is 10.1 Å². The van der Waals surface area contributed by atoms with E-state index >= 15 is 0 Å². The van der Waals surface area contributed by atoms with Gasteiger partial charge in [0.1, 0.15) is 5.75 Å². The first kappa shape index (κ1) is 13.1. The Morgan fingerprint density at radius 3 is 2.78 bits per heavy atom. The molecule has 1 unspecified atom stereocenters. The molecule has 0 bridgehead atoms. The Kier molecular flexibility index (Phi) is 4.33. The van der Waals surface area contributed by atoms with E-state index in [4.69, 9.17) is 4.74 Å². The maximum atomic E-state index is 12.4. The molecule has 0 saturated carbocycles. The molecule has 1 aliphatic rings. The zero-order chi connectivity index (χ0) is 13.0. The molecule has 0 spiro atoms. The van der Waals surface area contributed by atoms with Gasteiger partial charge in [-0.3, -0.25) is 9.69 Å². The molecule has 1 aliphatic heterocycles. The average molecular weight is 248 g/mol. The monoisotopic (exact) mass is 248 g/mol. The van der Waals surface area contributed by atoms with Crippen LogP contribution in [0, 0.1) is 0 Å². The van der Waals surface area contributed by atoms with Crippen molar-refractivity contribution in [3.8, 4) is 5.75 Å². The van der Waals surface area contributed by atoms with E-state index in [0.29, 0.717) is 0 Å². The summed E-state index contributed by atoms with van der Waals surface area (Å²) in [6.45, 7) is 5.74. The second-order valence-corrected chi connectivity index (χ2v) is 4.56. The number of nitrogens with zero attached hydrogens (tertiary/aromatic N) is 1. The molecule has 1 aromatic rings. The summed E-state index contributed by atoms with van der Waals surface area (Å²) in [5.74, 6) is 0.893. The smallest absolute Gasteiger partial charge is 0.179 e. The zero-order valence-corrected chi connectivity index (χ0v) is 11.0. The summed E-state index contributed by atoms with van der Waals surface area (Å²) in [6, 6.07) is 7.30. The summed E-state index contributed by atoms with van der Waals surface area (Å²) in [5, 5.41) is 3.29. The lowest BCUT2D eigenvalue weighted by atomic mass is 10.0. The van der Waals surface area contributed by atoms with Crippen molar-refractivity contribution in [2.45, 2.75) is 13.0 Å². The molecular weight excluding hydrogens is 228 g/mol. The first-order chi connectivity index (χ1) is 8.72. The van der Waals surface area contributed by atoms with Gasteiger partial charge in [-0.05, 0) is 19.1 Å². The number of piperazine rings is 1. The lowest BCUT2D eigenvalue weighted by molar-refractivity contribution is 0.0820. The second kappa shape index (κ2) is 5.98. The largest absolute Gasteiger partial charge is 0.497 e. The number of carbonyl (C=O) groups is 1. The summed E-state index contributed by atoms with van der Waals surface area (Å²) < 4.78 is 5.15. The van der Waals surface area contributed by atoms with Crippen molar-refractivity contribution in [1.82, 2.24) is 10.2 Å². The predicted molar refractivity (Wildman–Crippen MR) is 71.2 cm³/mol. The lowest BCUT2D eigenvalue weighted by Crippen LogP contribution is -2.50. The number of rotatable bonds is 4. The third-order valence-corrected chi connectivity index (χ3v) is 3.43. The third kappa shape index (κ3) is 2.89. The number of nitrogens with one attached hydrogen (secondary N) is 1. The molecule has 1 atom stereocenters. The Morgan fingerprint density at radius 1 is 1.39 bits per heavy atom. The number of hydrogen-bond donors (Lipinski definition) is 1. The Morgan fingerprint density at radius 2 is 2.11 bits per heavy atom. The Balaban J connectivity index is 2.09. The highest BCUT2D eigenvalue weighted by molar-refractivity contribution is 6.00. The fraction of sp³-hybridized carbons (Fsp3) is 0.500. The van der Waals surface area contributed by atoms with Crippen LogP contribution in [0.2, 0.25) is 0 Å². The van der Waals surface area contributed by atoms with E-state index in [1.807, 2.05) is 25.1 Å². The Hall–Kier alpha value is -1.39. The van der Waals surface area contributed by atoms with Crippen molar-refractivity contribution in [2.75, 3.05) is 33.3 Å². The van der Waals surface area contributed by atoms with E-state index in [0.717, 1.165) is 37.5 Å². The number of benzene rings is 1. The van der Waals surface area contributed by atoms with Crippen molar-refractivity contribution < 1.29 is 9.53 Å². The standard InChI is InChI=1S/C14H20N2O2/c1-11(16-8-6-15-7-9-16)14(17)12-4-3-5-13(10-12)18-2/h3-5,10-11,15H,6-9H2,1-2H3. The molecule has 0 aliphatic carbocycles. The van der Waals surface area contributed by atoms with E-state index in [2.05, 4.69) is 10.2 Å². The van der Waals surface area contributed by atoms with E-state index in [1.165, 1.54) is 0 Å². The Labute approximate surface area is 108 Å². The fourth-order valence-electron chi connectivity index (χ4n) is 2.25. The van der Waals surface area contributed by atoms with Gasteiger partial charge >= 0.3 is 0 Å². The molecule has 1 heterocycles. The third-order valence-electron chi connectivity index (χ3n) is 3.43. The van der Waals surface area contributed by atoms with Crippen molar-refractivity contribution >= 4 is 5.78 Å². The van der Waals surface area contributed by atoms with Crippen LogP contribution in [0.4, 0.5) is 0 Å². The van der Waals surface area contributed by atoms with Crippen molar-refractivity contribution in [1.29, 1.82) is 0 Å². The summed E-state index contributed by atoms with van der Waals surface area (Å²) in [5.41, 5.74) is 0.723. The van der Waals surface area contributed by atoms with Crippen LogP contribution in [0.5, 0.6) is 5.75 Å². The number of carbonyl (C=O) groups excluding carboxylic acids is 1. The second-order valence-electron chi connectivity index (χ2n) is 4.56. The Bertz CT molecular complexity index is 414. The molecule has 4 heteroatoms. The molecule has 18 heavy (non-hydrogen) atoms. The van der Waals surface area contributed by atoms with Gasteiger partial charge in [0.25, 0.3) is 0 Å². The summed E-state index contributed by atoms with van der Waals surface area (Å²) in [7, 11) is 1.61. The minimum atomic E-state index is -0.0702. The van der Waals surface area contributed by atoms with E-state index in [9.17, 15) is 4.79 Å². The topological polar surface area (TPSA) is 41.6 Å². The highest BCUT2D eigenvalue weighted by Crippen LogP contribution is 2.16. The van der Waals surface area contributed by atoms with E-state index in [-0.39, 0.29) is 11.8 Å². The molecule has 0 amide bonds. The maximum absolute atomic E-state index is 12.4. The van der Waals surface area contributed by atoms with Crippen molar-refractivity contribution in [3.63, 3.8) is 0 Å². The van der Waals surface area contributed by atoms with Gasteiger partial charge in [-0.1, -0.05) is 12.1 Å². The molecule has 1 aromatic carbocycles. The van der Waals surface area contributed by atoms with Gasteiger partial charge in [-0.15, -0.1) is 0 Å². The highest BCUT2D eigenvalue weighted by atomic mass is 16.5. The van der Waals surface area contributed by atoms with E-state index in [1.54, 1.807) is 13.2 Å². The number of hydrogen-bond acceptors (Lipinski definition) is 4. The SMILES string of the molecule is COc1cccc(C(=O)C(C)N2CCNCC2)c1. The van der Waals surface area contributed by atoms with Gasteiger partial charge in [0.05, 0.1) is 13.2 Å². The average Bonchev–Trinajstić information content (AvgIpc) is 2.46. The quantitative estimate of drug-likeness (QED) is 0.812. The van der Waals surface area contributed by atoms with Crippen LogP contribution in [0.15, 0.2) is 24.3 Å². The van der Waals surface area contributed by atoms with Crippen molar-refractivity contribution in [2.24, 2.45) is 0 Å². The number of ether oxygens (including phenoxy) is 1. The summed E-state index contributed by atoms with van der Waals surface area (Å²) >= 11 is 0. The van der Waals surface area contributed by atoms with Gasteiger partial charge in [-0.25, -0.2) is 0 Å². The first-order valence-electron chi connectivity index (χ1n) is 6.35. The maximum Gasteiger partial charge on any atom is 0.179 e. The summed E-state index contributed by atoms with van der Waals surface area (Å²) in [6.07, 6.45) is 0. The number of Topliss-reactive ketones (excluding diaryl/α,β-unsaturated/α-hetero) is 1. The van der Waals surface area contributed by atoms with Gasteiger partial charge < -0.3 is 10.1 Å². The van der Waals surface area contributed by atoms with Gasteiger partial charge in [0.15, 0.2) is 5.78 Å². The van der Waals surface area contributed by atoms with Gasteiger partial charge in [-0.2, -0.15) is 0 Å². The first-order valence-corrected chi connectivity index (χ1v) is 6.35. The molecular formula is C14H20N2O2. The predicted octanol–water partition coefficient (Wildman–Crippen LogP) is 1.17. The fourth-order valence-corrected chi connectivity index (χ4v) is 2.25. The molecule has 2 rings (SSSR count). The normalized spacial score (nSPS) is 18.3. The van der Waals surface area contributed by atoms with Gasteiger partial charge in [0.2, 0.25) is 0 Å². The molecule has 4 nitrogen and oxygen atoms in total. The van der Waals surface area contributed by atoms with Crippen LogP contribution in [-0.4, -0.2) is 50.0 Å². The van der Waals surface area contributed by atoms with Gasteiger partial charge in [0, 0.05) is 31.7 Å². The zero-order valence-electron chi connectivity index (χ0n) is 11.0.